The van der Waals surface area contributed by atoms with Gasteiger partial charge in [-0.3, -0.25) is 4.79 Å². The molecule has 5 heteroatoms. The van der Waals surface area contributed by atoms with Crippen LogP contribution < -0.4 is 10.3 Å². The summed E-state index contributed by atoms with van der Waals surface area (Å²) in [7, 11) is 1.58. The first-order valence-corrected chi connectivity index (χ1v) is 7.27. The van der Waals surface area contributed by atoms with Gasteiger partial charge in [0.2, 0.25) is 0 Å². The molecule has 0 aliphatic rings. The lowest BCUT2D eigenvalue weighted by molar-refractivity contribution is 0.0763. The number of rotatable bonds is 4. The molecule has 0 unspecified atom stereocenters. The van der Waals surface area contributed by atoms with Gasteiger partial charge in [-0.05, 0) is 45.9 Å². The van der Waals surface area contributed by atoms with E-state index < -0.39 is 5.60 Å². The van der Waals surface area contributed by atoms with Crippen LogP contribution in [0.5, 0.6) is 5.75 Å². The summed E-state index contributed by atoms with van der Waals surface area (Å²) in [5.74, 6) is 0.743. The van der Waals surface area contributed by atoms with Crippen LogP contribution in [0, 0.1) is 0 Å². The van der Waals surface area contributed by atoms with Crippen molar-refractivity contribution >= 4 is 0 Å². The summed E-state index contributed by atoms with van der Waals surface area (Å²) < 4.78 is 6.93. The van der Waals surface area contributed by atoms with E-state index >= 15 is 0 Å². The van der Waals surface area contributed by atoms with Crippen LogP contribution in [-0.4, -0.2) is 21.0 Å². The number of aliphatic hydroxyl groups is 1. The number of hydrogen-bond acceptors (Lipinski definition) is 4. The fraction of sp³-hybridized carbons (Fsp3) is 0.412. The molecule has 1 aromatic heterocycles. The Labute approximate surface area is 130 Å². The zero-order chi connectivity index (χ0) is 16.5. The highest BCUT2D eigenvalue weighted by molar-refractivity contribution is 5.61. The normalized spacial score (nSPS) is 11.8. The first-order chi connectivity index (χ1) is 10.2. The average Bonchev–Trinajstić information content (AvgIpc) is 2.40. The van der Waals surface area contributed by atoms with Gasteiger partial charge in [-0.15, -0.1) is 0 Å². The van der Waals surface area contributed by atoms with E-state index in [1.54, 1.807) is 27.0 Å². The largest absolute Gasteiger partial charge is 0.491 e. The third-order valence-electron chi connectivity index (χ3n) is 3.22. The van der Waals surface area contributed by atoms with E-state index in [0.29, 0.717) is 11.3 Å². The second-order valence-electron chi connectivity index (χ2n) is 6.13. The highest BCUT2D eigenvalue weighted by Crippen LogP contribution is 2.25. The predicted molar refractivity (Wildman–Crippen MR) is 85.9 cm³/mol. The SMILES string of the molecule is CC(C)Oc1cccc(-c2cc(C(C)(C)O)c(=O)n(C)n2)c1. The molecule has 0 bridgehead atoms. The Hall–Kier alpha value is -2.14. The molecule has 22 heavy (non-hydrogen) atoms. The van der Waals surface area contributed by atoms with Crippen molar-refractivity contribution in [1.29, 1.82) is 0 Å². The molecule has 0 aliphatic carbocycles. The average molecular weight is 302 g/mol. The number of hydrogen-bond donors (Lipinski definition) is 1. The second kappa shape index (κ2) is 5.93. The number of ether oxygens (including phenoxy) is 1. The van der Waals surface area contributed by atoms with Crippen molar-refractivity contribution in [2.45, 2.75) is 39.4 Å². The molecule has 1 aromatic carbocycles. The van der Waals surface area contributed by atoms with Gasteiger partial charge >= 0.3 is 0 Å². The van der Waals surface area contributed by atoms with Crippen LogP contribution in [0.4, 0.5) is 0 Å². The molecular weight excluding hydrogens is 280 g/mol. The highest BCUT2D eigenvalue weighted by Gasteiger charge is 2.22. The maximum absolute atomic E-state index is 12.1. The fourth-order valence-electron chi connectivity index (χ4n) is 2.19. The molecule has 0 spiro atoms. The summed E-state index contributed by atoms with van der Waals surface area (Å²) in [6, 6.07) is 9.16. The van der Waals surface area contributed by atoms with Crippen molar-refractivity contribution in [3.8, 4) is 17.0 Å². The number of aryl methyl sites for hydroxylation is 1. The molecule has 2 rings (SSSR count). The molecule has 0 aliphatic heterocycles. The third-order valence-corrected chi connectivity index (χ3v) is 3.22. The maximum Gasteiger partial charge on any atom is 0.272 e. The van der Waals surface area contributed by atoms with Gasteiger partial charge in [0.15, 0.2) is 0 Å². The number of nitrogens with zero attached hydrogens (tertiary/aromatic N) is 2. The van der Waals surface area contributed by atoms with E-state index in [4.69, 9.17) is 4.74 Å². The quantitative estimate of drug-likeness (QED) is 0.942. The Balaban J connectivity index is 2.54. The Kier molecular flexibility index (Phi) is 4.37. The van der Waals surface area contributed by atoms with Gasteiger partial charge in [-0.1, -0.05) is 12.1 Å². The van der Waals surface area contributed by atoms with Crippen LogP contribution in [0.3, 0.4) is 0 Å². The van der Waals surface area contributed by atoms with Gasteiger partial charge in [0.25, 0.3) is 5.56 Å². The highest BCUT2D eigenvalue weighted by atomic mass is 16.5. The number of aromatic nitrogens is 2. The van der Waals surface area contributed by atoms with Crippen LogP contribution >= 0.6 is 0 Å². The van der Waals surface area contributed by atoms with Crippen molar-refractivity contribution in [3.05, 3.63) is 46.2 Å². The Morgan fingerprint density at radius 1 is 1.27 bits per heavy atom. The van der Waals surface area contributed by atoms with E-state index in [9.17, 15) is 9.90 Å². The molecule has 0 amide bonds. The monoisotopic (exact) mass is 302 g/mol. The first-order valence-electron chi connectivity index (χ1n) is 7.27. The topological polar surface area (TPSA) is 64.3 Å². The Morgan fingerprint density at radius 2 is 1.95 bits per heavy atom. The predicted octanol–water partition coefficient (Wildman–Crippen LogP) is 2.46. The van der Waals surface area contributed by atoms with Gasteiger partial charge in [0.05, 0.1) is 23.0 Å². The molecule has 5 nitrogen and oxygen atoms in total. The summed E-state index contributed by atoms with van der Waals surface area (Å²) in [4.78, 5) is 12.1. The molecule has 0 saturated carbocycles. The van der Waals surface area contributed by atoms with Crippen LogP contribution in [0.2, 0.25) is 0 Å². The van der Waals surface area contributed by atoms with Crippen LogP contribution in [-0.2, 0) is 12.6 Å². The standard InChI is InChI=1S/C17H22N2O3/c1-11(2)22-13-8-6-7-12(9-13)15-10-14(17(3,4)21)16(20)19(5)18-15/h6-11,21H,1-5H3. The van der Waals surface area contributed by atoms with Crippen molar-refractivity contribution in [2.24, 2.45) is 7.05 Å². The summed E-state index contributed by atoms with van der Waals surface area (Å²) in [6.07, 6.45) is 0.0790. The lowest BCUT2D eigenvalue weighted by Crippen LogP contribution is -2.32. The zero-order valence-corrected chi connectivity index (χ0v) is 13.6. The van der Waals surface area contributed by atoms with Gasteiger partial charge < -0.3 is 9.84 Å². The lowest BCUT2D eigenvalue weighted by atomic mass is 9.98. The molecule has 2 aromatic rings. The molecule has 118 valence electrons. The smallest absolute Gasteiger partial charge is 0.272 e. The van der Waals surface area contributed by atoms with Crippen molar-refractivity contribution in [3.63, 3.8) is 0 Å². The van der Waals surface area contributed by atoms with Gasteiger partial charge in [0, 0.05) is 12.6 Å². The molecule has 0 radical (unpaired) electrons. The summed E-state index contributed by atoms with van der Waals surface area (Å²) >= 11 is 0. The van der Waals surface area contributed by atoms with Gasteiger partial charge in [-0.25, -0.2) is 4.68 Å². The minimum Gasteiger partial charge on any atom is -0.491 e. The van der Waals surface area contributed by atoms with E-state index in [0.717, 1.165) is 11.3 Å². The van der Waals surface area contributed by atoms with Gasteiger partial charge in [0.1, 0.15) is 5.75 Å². The third kappa shape index (κ3) is 3.54. The summed E-state index contributed by atoms with van der Waals surface area (Å²) in [5, 5.41) is 14.4. The van der Waals surface area contributed by atoms with E-state index in [-0.39, 0.29) is 11.7 Å². The minimum atomic E-state index is -1.22. The van der Waals surface area contributed by atoms with Crippen molar-refractivity contribution in [1.82, 2.24) is 9.78 Å². The molecular formula is C17H22N2O3. The van der Waals surface area contributed by atoms with Crippen molar-refractivity contribution in [2.75, 3.05) is 0 Å². The number of benzene rings is 1. The van der Waals surface area contributed by atoms with Crippen LogP contribution in [0.1, 0.15) is 33.3 Å². The minimum absolute atomic E-state index is 0.0790. The summed E-state index contributed by atoms with van der Waals surface area (Å²) in [5.41, 5.74) is 0.243. The zero-order valence-electron chi connectivity index (χ0n) is 13.6. The summed E-state index contributed by atoms with van der Waals surface area (Å²) in [6.45, 7) is 7.10. The molecule has 0 fully saturated rings. The molecule has 0 atom stereocenters. The fourth-order valence-corrected chi connectivity index (χ4v) is 2.19. The first kappa shape index (κ1) is 16.2. The Morgan fingerprint density at radius 3 is 2.55 bits per heavy atom. The maximum atomic E-state index is 12.1. The van der Waals surface area contributed by atoms with E-state index in [1.807, 2.05) is 38.1 Å². The van der Waals surface area contributed by atoms with Crippen LogP contribution in [0.15, 0.2) is 35.1 Å². The van der Waals surface area contributed by atoms with E-state index in [1.165, 1.54) is 4.68 Å². The van der Waals surface area contributed by atoms with Gasteiger partial charge in [-0.2, -0.15) is 5.10 Å². The van der Waals surface area contributed by atoms with E-state index in [2.05, 4.69) is 5.10 Å². The Bertz CT molecular complexity index is 727. The molecule has 0 saturated heterocycles. The molecule has 1 N–H and O–H groups in total. The second-order valence-corrected chi connectivity index (χ2v) is 6.13. The lowest BCUT2D eigenvalue weighted by Gasteiger charge is -2.18. The van der Waals surface area contributed by atoms with Crippen LogP contribution in [0.25, 0.3) is 11.3 Å². The van der Waals surface area contributed by atoms with Crippen molar-refractivity contribution < 1.29 is 9.84 Å². The molecule has 1 heterocycles.